The van der Waals surface area contributed by atoms with Gasteiger partial charge in [-0.25, -0.2) is 0 Å². The minimum atomic E-state index is 0.918. The van der Waals surface area contributed by atoms with Gasteiger partial charge >= 0.3 is 0 Å². The molecule has 0 bridgehead atoms. The predicted octanol–water partition coefficient (Wildman–Crippen LogP) is 18.5. The van der Waals surface area contributed by atoms with Crippen LogP contribution in [0.25, 0.3) is 99.5 Å². The Morgan fingerprint density at radius 1 is 0.284 bits per heavy atom. The van der Waals surface area contributed by atoms with Crippen molar-refractivity contribution in [1.82, 2.24) is 0 Å². The molecule has 12 aromatic rings. The maximum Gasteiger partial charge on any atom is 0.138 e. The zero-order valence-corrected chi connectivity index (χ0v) is 37.1. The van der Waals surface area contributed by atoms with Gasteiger partial charge in [0.1, 0.15) is 11.3 Å². The molecule has 0 radical (unpaired) electrons. The molecule has 0 aliphatic heterocycles. The predicted molar refractivity (Wildman–Crippen MR) is 283 cm³/mol. The number of rotatable bonds is 9. The summed E-state index contributed by atoms with van der Waals surface area (Å²) in [4.78, 5) is 2.36. The molecule has 0 spiro atoms. The van der Waals surface area contributed by atoms with Crippen molar-refractivity contribution in [3.8, 4) is 67.0 Å². The number of fused-ring (bicyclic) bond motifs is 4. The van der Waals surface area contributed by atoms with E-state index >= 15 is 0 Å². The maximum absolute atomic E-state index is 6.33. The summed E-state index contributed by atoms with van der Waals surface area (Å²) in [5, 5.41) is 6.21. The second-order valence-corrected chi connectivity index (χ2v) is 17.3. The number of nitrogens with zero attached hydrogens (tertiary/aromatic N) is 1. The van der Waals surface area contributed by atoms with Gasteiger partial charge in [0.05, 0.1) is 0 Å². The molecule has 0 fully saturated rings. The Labute approximate surface area is 391 Å². The van der Waals surface area contributed by atoms with Crippen LogP contribution >= 0.6 is 0 Å². The summed E-state index contributed by atoms with van der Waals surface area (Å²) < 4.78 is 6.33. The van der Waals surface area contributed by atoms with Crippen molar-refractivity contribution >= 4 is 49.6 Å². The first kappa shape index (κ1) is 39.8. The summed E-state index contributed by atoms with van der Waals surface area (Å²) in [5.74, 6) is 0.924. The highest BCUT2D eigenvalue weighted by molar-refractivity contribution is 6.13. The summed E-state index contributed by atoms with van der Waals surface area (Å²) in [7, 11) is 0. The van der Waals surface area contributed by atoms with E-state index in [9.17, 15) is 0 Å². The lowest BCUT2D eigenvalue weighted by Crippen LogP contribution is -2.09. The SMILES string of the molecule is Cc1c(-c2cccc(-c3ccc(-c4ccc(N(c5ccc(-c6ccccc6-c6ccccc6)cc5)c5ccc(-c6cc7ccccc7c7ccccc67)cc5)cc4)cc3)c2)oc2ccccc12. The smallest absolute Gasteiger partial charge is 0.138 e. The largest absolute Gasteiger partial charge is 0.456 e. The number of hydrogen-bond donors (Lipinski definition) is 0. The molecule has 1 aromatic heterocycles. The molecule has 2 heteroatoms. The van der Waals surface area contributed by atoms with E-state index in [2.05, 4.69) is 254 Å². The molecule has 0 amide bonds. The Bertz CT molecular complexity index is 3720. The standard InChI is InChI=1S/C65H45NO/c1-44-57-19-11-12-25-64(57)67-65(44)53-18-13-17-51(42-53)47-28-26-45(27-29-47)46-30-36-54(37-31-46)66(55-38-32-49(33-39-55)59-21-8-7-20-58(59)48-14-3-2-4-15-48)56-40-34-50(35-41-56)63-43-52-16-5-6-22-60(52)61-23-9-10-24-62(61)63/h2-43H,1H3. The Balaban J connectivity index is 0.882. The monoisotopic (exact) mass is 855 g/mol. The first-order chi connectivity index (χ1) is 33.1. The van der Waals surface area contributed by atoms with E-state index in [1.54, 1.807) is 0 Å². The fourth-order valence-electron chi connectivity index (χ4n) is 9.87. The van der Waals surface area contributed by atoms with Gasteiger partial charge in [0, 0.05) is 33.6 Å². The van der Waals surface area contributed by atoms with E-state index in [1.165, 1.54) is 66.1 Å². The molecular weight excluding hydrogens is 811 g/mol. The molecule has 0 unspecified atom stereocenters. The number of aryl methyl sites for hydroxylation is 1. The number of hydrogen-bond acceptors (Lipinski definition) is 2. The van der Waals surface area contributed by atoms with Gasteiger partial charge in [-0.3, -0.25) is 0 Å². The van der Waals surface area contributed by atoms with Crippen LogP contribution in [0.5, 0.6) is 0 Å². The van der Waals surface area contributed by atoms with E-state index in [0.717, 1.165) is 56.0 Å². The fourth-order valence-corrected chi connectivity index (χ4v) is 9.87. The highest BCUT2D eigenvalue weighted by Gasteiger charge is 2.17. The molecule has 11 aromatic carbocycles. The van der Waals surface area contributed by atoms with Crippen molar-refractivity contribution in [2.24, 2.45) is 0 Å². The van der Waals surface area contributed by atoms with Crippen molar-refractivity contribution < 1.29 is 4.42 Å². The van der Waals surface area contributed by atoms with E-state index in [1.807, 2.05) is 12.1 Å². The Morgan fingerprint density at radius 3 is 1.34 bits per heavy atom. The van der Waals surface area contributed by atoms with E-state index in [4.69, 9.17) is 4.42 Å². The minimum absolute atomic E-state index is 0.918. The van der Waals surface area contributed by atoms with E-state index in [0.29, 0.717) is 0 Å². The zero-order valence-electron chi connectivity index (χ0n) is 37.1. The van der Waals surface area contributed by atoms with Crippen LogP contribution in [0.1, 0.15) is 5.56 Å². The zero-order chi connectivity index (χ0) is 44.7. The molecule has 0 aliphatic carbocycles. The van der Waals surface area contributed by atoms with Gasteiger partial charge in [-0.2, -0.15) is 0 Å². The molecule has 0 saturated heterocycles. The molecular formula is C65H45NO. The van der Waals surface area contributed by atoms with E-state index in [-0.39, 0.29) is 0 Å². The van der Waals surface area contributed by atoms with Gasteiger partial charge in [-0.15, -0.1) is 0 Å². The van der Waals surface area contributed by atoms with Crippen LogP contribution in [0.2, 0.25) is 0 Å². The highest BCUT2D eigenvalue weighted by atomic mass is 16.3. The van der Waals surface area contributed by atoms with Gasteiger partial charge in [0.15, 0.2) is 0 Å². The van der Waals surface area contributed by atoms with Gasteiger partial charge in [0.25, 0.3) is 0 Å². The summed E-state index contributed by atoms with van der Waals surface area (Å²) in [5.41, 5.74) is 18.3. The summed E-state index contributed by atoms with van der Waals surface area (Å²) in [6.45, 7) is 2.14. The van der Waals surface area contributed by atoms with Gasteiger partial charge < -0.3 is 9.32 Å². The van der Waals surface area contributed by atoms with Crippen molar-refractivity contribution in [3.05, 3.63) is 260 Å². The lowest BCUT2D eigenvalue weighted by molar-refractivity contribution is 0.629. The van der Waals surface area contributed by atoms with Crippen molar-refractivity contribution in [2.75, 3.05) is 4.90 Å². The molecule has 1 heterocycles. The van der Waals surface area contributed by atoms with Crippen LogP contribution in [0, 0.1) is 6.92 Å². The second-order valence-electron chi connectivity index (χ2n) is 17.3. The van der Waals surface area contributed by atoms with Crippen LogP contribution in [-0.4, -0.2) is 0 Å². The van der Waals surface area contributed by atoms with Crippen molar-refractivity contribution in [1.29, 1.82) is 0 Å². The average molecular weight is 856 g/mol. The quantitative estimate of drug-likeness (QED) is 0.135. The Morgan fingerprint density at radius 2 is 0.716 bits per heavy atom. The third-order valence-corrected chi connectivity index (χ3v) is 13.3. The second kappa shape index (κ2) is 17.0. The molecule has 0 aliphatic rings. The molecule has 316 valence electrons. The van der Waals surface area contributed by atoms with Crippen molar-refractivity contribution in [3.63, 3.8) is 0 Å². The van der Waals surface area contributed by atoms with Gasteiger partial charge in [0.2, 0.25) is 0 Å². The first-order valence-corrected chi connectivity index (χ1v) is 23.0. The van der Waals surface area contributed by atoms with Crippen molar-refractivity contribution in [2.45, 2.75) is 6.92 Å². The van der Waals surface area contributed by atoms with Crippen LogP contribution < -0.4 is 4.90 Å². The van der Waals surface area contributed by atoms with Gasteiger partial charge in [-0.05, 0) is 139 Å². The number of furan rings is 1. The summed E-state index contributed by atoms with van der Waals surface area (Å²) >= 11 is 0. The number of anilines is 3. The normalized spacial score (nSPS) is 11.4. The fraction of sp³-hybridized carbons (Fsp3) is 0.0154. The van der Waals surface area contributed by atoms with Crippen LogP contribution in [0.3, 0.4) is 0 Å². The van der Waals surface area contributed by atoms with Crippen LogP contribution in [-0.2, 0) is 0 Å². The molecule has 12 rings (SSSR count). The molecule has 0 atom stereocenters. The third-order valence-electron chi connectivity index (χ3n) is 13.3. The number of benzene rings is 11. The summed E-state index contributed by atoms with van der Waals surface area (Å²) in [6, 6.07) is 91.9. The summed E-state index contributed by atoms with van der Waals surface area (Å²) in [6.07, 6.45) is 0. The van der Waals surface area contributed by atoms with Crippen LogP contribution in [0.15, 0.2) is 259 Å². The number of para-hydroxylation sites is 1. The Kier molecular flexibility index (Phi) is 10.1. The van der Waals surface area contributed by atoms with Crippen LogP contribution in [0.4, 0.5) is 17.1 Å². The van der Waals surface area contributed by atoms with E-state index < -0.39 is 0 Å². The molecule has 0 N–H and O–H groups in total. The first-order valence-electron chi connectivity index (χ1n) is 23.0. The molecule has 67 heavy (non-hydrogen) atoms. The van der Waals surface area contributed by atoms with Gasteiger partial charge in [-0.1, -0.05) is 200 Å². The average Bonchev–Trinajstić information content (AvgIpc) is 3.75. The molecule has 2 nitrogen and oxygen atoms in total. The molecule has 0 saturated carbocycles. The minimum Gasteiger partial charge on any atom is -0.456 e. The topological polar surface area (TPSA) is 16.4 Å². The lowest BCUT2D eigenvalue weighted by Gasteiger charge is -2.26. The highest BCUT2D eigenvalue weighted by Crippen LogP contribution is 2.41. The maximum atomic E-state index is 6.33. The third kappa shape index (κ3) is 7.45. The lowest BCUT2D eigenvalue weighted by atomic mass is 9.93. The Hall–Kier alpha value is -8.72.